The zero-order chi connectivity index (χ0) is 15.2. The summed E-state index contributed by atoms with van der Waals surface area (Å²) in [5.74, 6) is -0.531. The van der Waals surface area contributed by atoms with Crippen LogP contribution < -0.4 is 0 Å². The number of carbonyl (C=O) groups excluding carboxylic acids is 1. The molecule has 2 aromatic rings. The standard InChI is InChI=1S/C17H16BrFO2/c1-21-17(20)15-5-3-2-4-13(15)8-6-12-7-9-16(19)14(10-12)11-18/h2-5,7,9-10H,6,8,11H2,1H3. The topological polar surface area (TPSA) is 26.3 Å². The Bertz CT molecular complexity index is 640. The molecule has 0 saturated carbocycles. The molecule has 2 aromatic carbocycles. The van der Waals surface area contributed by atoms with Crippen LogP contribution in [0.4, 0.5) is 4.39 Å². The minimum atomic E-state index is -0.328. The molecule has 0 radical (unpaired) electrons. The van der Waals surface area contributed by atoms with Gasteiger partial charge in [0, 0.05) is 5.33 Å². The minimum Gasteiger partial charge on any atom is -0.465 e. The van der Waals surface area contributed by atoms with Crippen LogP contribution in [0.25, 0.3) is 0 Å². The third-order valence-electron chi connectivity index (χ3n) is 3.36. The van der Waals surface area contributed by atoms with Crippen LogP contribution in [-0.4, -0.2) is 13.1 Å². The monoisotopic (exact) mass is 350 g/mol. The second kappa shape index (κ2) is 7.36. The molecule has 0 aliphatic heterocycles. The normalized spacial score (nSPS) is 10.4. The Morgan fingerprint density at radius 2 is 1.90 bits per heavy atom. The molecule has 0 fully saturated rings. The Morgan fingerprint density at radius 1 is 1.14 bits per heavy atom. The van der Waals surface area contributed by atoms with Gasteiger partial charge in [0.05, 0.1) is 12.7 Å². The maximum Gasteiger partial charge on any atom is 0.338 e. The fourth-order valence-corrected chi connectivity index (χ4v) is 2.64. The molecular weight excluding hydrogens is 335 g/mol. The highest BCUT2D eigenvalue weighted by Gasteiger charge is 2.11. The molecular formula is C17H16BrFO2. The van der Waals surface area contributed by atoms with Crippen molar-refractivity contribution in [2.45, 2.75) is 18.2 Å². The van der Waals surface area contributed by atoms with Gasteiger partial charge in [-0.1, -0.05) is 46.3 Å². The molecule has 0 heterocycles. The van der Waals surface area contributed by atoms with E-state index in [0.717, 1.165) is 17.5 Å². The van der Waals surface area contributed by atoms with Crippen LogP contribution in [0.2, 0.25) is 0 Å². The number of esters is 1. The number of hydrogen-bond donors (Lipinski definition) is 0. The van der Waals surface area contributed by atoms with E-state index in [1.54, 1.807) is 12.1 Å². The van der Waals surface area contributed by atoms with Gasteiger partial charge in [-0.15, -0.1) is 0 Å². The molecule has 4 heteroatoms. The number of aryl methyl sites for hydroxylation is 2. The molecule has 0 amide bonds. The van der Waals surface area contributed by atoms with Crippen molar-refractivity contribution >= 4 is 21.9 Å². The van der Waals surface area contributed by atoms with E-state index in [-0.39, 0.29) is 11.8 Å². The van der Waals surface area contributed by atoms with Crippen LogP contribution in [-0.2, 0) is 22.9 Å². The summed E-state index contributed by atoms with van der Waals surface area (Å²) in [5, 5.41) is 0.491. The molecule has 0 aliphatic carbocycles. The highest BCUT2D eigenvalue weighted by Crippen LogP contribution is 2.17. The van der Waals surface area contributed by atoms with E-state index in [0.29, 0.717) is 22.9 Å². The fraction of sp³-hybridized carbons (Fsp3) is 0.235. The Balaban J connectivity index is 2.15. The molecule has 21 heavy (non-hydrogen) atoms. The van der Waals surface area contributed by atoms with Gasteiger partial charge in [0.15, 0.2) is 0 Å². The van der Waals surface area contributed by atoms with Crippen molar-refractivity contribution < 1.29 is 13.9 Å². The van der Waals surface area contributed by atoms with E-state index < -0.39 is 0 Å². The number of carbonyl (C=O) groups is 1. The van der Waals surface area contributed by atoms with Gasteiger partial charge < -0.3 is 4.74 Å². The first-order valence-electron chi connectivity index (χ1n) is 6.65. The number of ether oxygens (including phenoxy) is 1. The van der Waals surface area contributed by atoms with Gasteiger partial charge in [-0.05, 0) is 41.7 Å². The number of halogens is 2. The van der Waals surface area contributed by atoms with Gasteiger partial charge in [0.25, 0.3) is 0 Å². The van der Waals surface area contributed by atoms with E-state index in [9.17, 15) is 9.18 Å². The first-order chi connectivity index (χ1) is 10.2. The van der Waals surface area contributed by atoms with Gasteiger partial charge in [0.2, 0.25) is 0 Å². The number of hydrogen-bond acceptors (Lipinski definition) is 2. The lowest BCUT2D eigenvalue weighted by atomic mass is 9.99. The number of benzene rings is 2. The zero-order valence-corrected chi connectivity index (χ0v) is 13.3. The third-order valence-corrected chi connectivity index (χ3v) is 3.96. The summed E-state index contributed by atoms with van der Waals surface area (Å²) in [6.07, 6.45) is 1.45. The lowest BCUT2D eigenvalue weighted by molar-refractivity contribution is 0.0599. The van der Waals surface area contributed by atoms with Crippen molar-refractivity contribution in [3.8, 4) is 0 Å². The first-order valence-corrected chi connectivity index (χ1v) is 7.77. The number of methoxy groups -OCH3 is 1. The van der Waals surface area contributed by atoms with Crippen LogP contribution >= 0.6 is 15.9 Å². The molecule has 2 nitrogen and oxygen atoms in total. The molecule has 110 valence electrons. The van der Waals surface area contributed by atoms with Crippen LogP contribution in [0, 0.1) is 5.82 Å². The van der Waals surface area contributed by atoms with Gasteiger partial charge in [0.1, 0.15) is 5.82 Å². The van der Waals surface area contributed by atoms with Gasteiger partial charge in [-0.2, -0.15) is 0 Å². The van der Waals surface area contributed by atoms with Crippen LogP contribution in [0.5, 0.6) is 0 Å². The SMILES string of the molecule is COC(=O)c1ccccc1CCc1ccc(F)c(CBr)c1. The largest absolute Gasteiger partial charge is 0.465 e. The van der Waals surface area contributed by atoms with E-state index in [1.165, 1.54) is 13.2 Å². The lowest BCUT2D eigenvalue weighted by Crippen LogP contribution is -2.06. The van der Waals surface area contributed by atoms with E-state index in [2.05, 4.69) is 15.9 Å². The van der Waals surface area contributed by atoms with Gasteiger partial charge in [-0.3, -0.25) is 0 Å². The van der Waals surface area contributed by atoms with Crippen LogP contribution in [0.1, 0.15) is 27.0 Å². The molecule has 0 atom stereocenters. The van der Waals surface area contributed by atoms with Gasteiger partial charge in [-0.25, -0.2) is 9.18 Å². The molecule has 0 saturated heterocycles. The maximum absolute atomic E-state index is 13.5. The summed E-state index contributed by atoms with van der Waals surface area (Å²) in [6, 6.07) is 12.5. The Morgan fingerprint density at radius 3 is 2.62 bits per heavy atom. The molecule has 2 rings (SSSR count). The molecule has 0 N–H and O–H groups in total. The van der Waals surface area contributed by atoms with Crippen molar-refractivity contribution in [3.63, 3.8) is 0 Å². The molecule has 0 aliphatic rings. The first kappa shape index (κ1) is 15.7. The zero-order valence-electron chi connectivity index (χ0n) is 11.7. The van der Waals surface area contributed by atoms with Crippen molar-refractivity contribution in [2.24, 2.45) is 0 Å². The molecule has 0 aromatic heterocycles. The third kappa shape index (κ3) is 3.91. The fourth-order valence-electron chi connectivity index (χ4n) is 2.21. The highest BCUT2D eigenvalue weighted by atomic mass is 79.9. The predicted molar refractivity (Wildman–Crippen MR) is 84.2 cm³/mol. The van der Waals surface area contributed by atoms with Crippen LogP contribution in [0.15, 0.2) is 42.5 Å². The summed E-state index contributed by atoms with van der Waals surface area (Å²) in [6.45, 7) is 0. The summed E-state index contributed by atoms with van der Waals surface area (Å²) in [5.41, 5.74) is 3.22. The Hall–Kier alpha value is -1.68. The maximum atomic E-state index is 13.5. The van der Waals surface area contributed by atoms with E-state index >= 15 is 0 Å². The summed E-state index contributed by atoms with van der Waals surface area (Å²) in [7, 11) is 1.38. The summed E-state index contributed by atoms with van der Waals surface area (Å²) >= 11 is 3.28. The average molecular weight is 351 g/mol. The molecule has 0 spiro atoms. The second-order valence-electron chi connectivity index (χ2n) is 4.71. The van der Waals surface area contributed by atoms with Crippen molar-refractivity contribution in [3.05, 3.63) is 70.5 Å². The summed E-state index contributed by atoms with van der Waals surface area (Å²) < 4.78 is 18.2. The Labute approximate surface area is 132 Å². The minimum absolute atomic E-state index is 0.203. The number of rotatable bonds is 5. The van der Waals surface area contributed by atoms with Crippen molar-refractivity contribution in [1.29, 1.82) is 0 Å². The lowest BCUT2D eigenvalue weighted by Gasteiger charge is -2.09. The average Bonchev–Trinajstić information content (AvgIpc) is 2.53. The van der Waals surface area contributed by atoms with Crippen LogP contribution in [0.3, 0.4) is 0 Å². The quantitative estimate of drug-likeness (QED) is 0.593. The predicted octanol–water partition coefficient (Wildman–Crippen LogP) is 4.29. The highest BCUT2D eigenvalue weighted by molar-refractivity contribution is 9.08. The molecule has 0 bridgehead atoms. The second-order valence-corrected chi connectivity index (χ2v) is 5.27. The van der Waals surface area contributed by atoms with Crippen molar-refractivity contribution in [2.75, 3.05) is 7.11 Å². The van der Waals surface area contributed by atoms with E-state index in [4.69, 9.17) is 4.74 Å². The smallest absolute Gasteiger partial charge is 0.338 e. The summed E-state index contributed by atoms with van der Waals surface area (Å²) in [4.78, 5) is 11.7. The van der Waals surface area contributed by atoms with Crippen molar-refractivity contribution in [1.82, 2.24) is 0 Å². The van der Waals surface area contributed by atoms with E-state index in [1.807, 2.05) is 24.3 Å². The number of alkyl halides is 1. The Kier molecular flexibility index (Phi) is 5.51. The molecule has 0 unspecified atom stereocenters. The van der Waals surface area contributed by atoms with Gasteiger partial charge >= 0.3 is 5.97 Å².